The molecule has 1 aromatic carbocycles. The number of nitrogens with zero attached hydrogens (tertiary/aromatic N) is 2. The van der Waals surface area contributed by atoms with Crippen LogP contribution in [0.15, 0.2) is 71.6 Å². The molecule has 0 unspecified atom stereocenters. The molecule has 4 heteroatoms. The number of benzene rings is 1. The third kappa shape index (κ3) is 3.68. The van der Waals surface area contributed by atoms with Crippen molar-refractivity contribution in [3.8, 4) is 0 Å². The van der Waals surface area contributed by atoms with Crippen LogP contribution in [-0.4, -0.2) is 24.2 Å². The average Bonchev–Trinajstić information content (AvgIpc) is 2.44. The molecule has 0 atom stereocenters. The molecule has 0 aliphatic carbocycles. The van der Waals surface area contributed by atoms with Crippen LogP contribution in [0, 0.1) is 0 Å². The third-order valence-electron chi connectivity index (χ3n) is 2.80. The summed E-state index contributed by atoms with van der Waals surface area (Å²) in [5.74, 6) is -0.0481. The third-order valence-corrected chi connectivity index (χ3v) is 2.80. The summed E-state index contributed by atoms with van der Waals surface area (Å²) >= 11 is 0. The lowest BCUT2D eigenvalue weighted by molar-refractivity contribution is -0.119. The number of carbonyl (C=O) groups excluding carboxylic acids is 1. The monoisotopic (exact) mass is 267 g/mol. The van der Waals surface area contributed by atoms with Crippen LogP contribution in [0.25, 0.3) is 0 Å². The summed E-state index contributed by atoms with van der Waals surface area (Å²) < 4.78 is 0. The summed E-state index contributed by atoms with van der Waals surface area (Å²) in [4.78, 5) is 17.7. The largest absolute Gasteiger partial charge is 0.324 e. The fraction of sp³-hybridized carbons (Fsp3) is 0.125. The van der Waals surface area contributed by atoms with E-state index in [2.05, 4.69) is 16.9 Å². The van der Waals surface area contributed by atoms with E-state index in [4.69, 9.17) is 0 Å². The minimum absolute atomic E-state index is 0.0481. The lowest BCUT2D eigenvalue weighted by Crippen LogP contribution is -2.27. The van der Waals surface area contributed by atoms with E-state index in [1.54, 1.807) is 24.5 Å². The predicted molar refractivity (Wildman–Crippen MR) is 80.9 cm³/mol. The highest BCUT2D eigenvalue weighted by Crippen LogP contribution is 2.12. The zero-order valence-electron chi connectivity index (χ0n) is 11.4. The van der Waals surface area contributed by atoms with Gasteiger partial charge < -0.3 is 10.2 Å². The van der Waals surface area contributed by atoms with Crippen molar-refractivity contribution in [2.45, 2.75) is 6.42 Å². The van der Waals surface area contributed by atoms with E-state index in [9.17, 15) is 4.79 Å². The molecule has 0 radical (unpaired) electrons. The predicted octanol–water partition coefficient (Wildman–Crippen LogP) is 2.23. The zero-order valence-corrected chi connectivity index (χ0v) is 11.4. The van der Waals surface area contributed by atoms with Gasteiger partial charge in [0.2, 0.25) is 5.91 Å². The highest BCUT2D eigenvalue weighted by atomic mass is 16.1. The molecular formula is C16H17N3O. The van der Waals surface area contributed by atoms with E-state index < -0.39 is 0 Å². The molecule has 4 nitrogen and oxygen atoms in total. The minimum Gasteiger partial charge on any atom is -0.324 e. The van der Waals surface area contributed by atoms with Gasteiger partial charge >= 0.3 is 0 Å². The van der Waals surface area contributed by atoms with Gasteiger partial charge in [-0.05, 0) is 17.7 Å². The molecule has 0 aromatic heterocycles. The molecule has 102 valence electrons. The molecule has 0 spiro atoms. The van der Waals surface area contributed by atoms with Gasteiger partial charge in [0.15, 0.2) is 0 Å². The first-order valence-corrected chi connectivity index (χ1v) is 6.32. The van der Waals surface area contributed by atoms with Crippen LogP contribution < -0.4 is 5.32 Å². The van der Waals surface area contributed by atoms with Crippen molar-refractivity contribution < 1.29 is 4.79 Å². The van der Waals surface area contributed by atoms with Crippen molar-refractivity contribution in [2.75, 3.05) is 7.05 Å². The fourth-order valence-electron chi connectivity index (χ4n) is 1.84. The van der Waals surface area contributed by atoms with Crippen molar-refractivity contribution in [1.29, 1.82) is 0 Å². The Kier molecular flexibility index (Phi) is 4.50. The van der Waals surface area contributed by atoms with Gasteiger partial charge in [0, 0.05) is 18.9 Å². The standard InChI is InChI=1S/C16H17N3O/c1-13-8-9-15(11-19(13)12-17-2)18-16(20)10-14-6-4-3-5-7-14/h3-9,11-12H,1,10H2,2H3,(H,18,20). The minimum atomic E-state index is -0.0481. The van der Waals surface area contributed by atoms with Gasteiger partial charge in [0.25, 0.3) is 0 Å². The van der Waals surface area contributed by atoms with Gasteiger partial charge in [-0.3, -0.25) is 9.79 Å². The molecule has 1 aliphatic rings. The second kappa shape index (κ2) is 6.52. The molecule has 1 aromatic rings. The highest BCUT2D eigenvalue weighted by Gasteiger charge is 2.10. The van der Waals surface area contributed by atoms with Gasteiger partial charge in [-0.25, -0.2) is 0 Å². The van der Waals surface area contributed by atoms with E-state index in [0.29, 0.717) is 6.42 Å². The first kappa shape index (κ1) is 13.8. The molecule has 1 amide bonds. The van der Waals surface area contributed by atoms with Crippen LogP contribution >= 0.6 is 0 Å². The van der Waals surface area contributed by atoms with Gasteiger partial charge in [0.1, 0.15) is 0 Å². The molecule has 1 aliphatic heterocycles. The molecule has 0 saturated heterocycles. The van der Waals surface area contributed by atoms with Crippen LogP contribution in [0.2, 0.25) is 0 Å². The number of carbonyl (C=O) groups is 1. The normalized spacial score (nSPS) is 14.6. The lowest BCUT2D eigenvalue weighted by Gasteiger charge is -2.20. The topological polar surface area (TPSA) is 44.7 Å². The second-order valence-electron chi connectivity index (χ2n) is 4.40. The van der Waals surface area contributed by atoms with Gasteiger partial charge in [0.05, 0.1) is 18.5 Å². The van der Waals surface area contributed by atoms with Crippen molar-refractivity contribution in [3.05, 3.63) is 72.2 Å². The maximum absolute atomic E-state index is 12.0. The van der Waals surface area contributed by atoms with Gasteiger partial charge in [-0.2, -0.15) is 0 Å². The molecule has 0 bridgehead atoms. The SMILES string of the molecule is C=C1C=CC(NC(=O)Cc2ccccc2)=CN1C=NC. The molecule has 1 heterocycles. The van der Waals surface area contributed by atoms with Gasteiger partial charge in [-0.1, -0.05) is 36.9 Å². The fourth-order valence-corrected chi connectivity index (χ4v) is 1.84. The number of hydrogen-bond donors (Lipinski definition) is 1. The number of allylic oxidation sites excluding steroid dienone is 2. The van der Waals surface area contributed by atoms with E-state index in [0.717, 1.165) is 17.0 Å². The second-order valence-corrected chi connectivity index (χ2v) is 4.40. The smallest absolute Gasteiger partial charge is 0.228 e. The van der Waals surface area contributed by atoms with Crippen LogP contribution in [0.5, 0.6) is 0 Å². The Labute approximate surface area is 118 Å². The molecule has 20 heavy (non-hydrogen) atoms. The van der Waals surface area contributed by atoms with E-state index in [1.165, 1.54) is 0 Å². The molecule has 1 N–H and O–H groups in total. The van der Waals surface area contributed by atoms with E-state index >= 15 is 0 Å². The Morgan fingerprint density at radius 2 is 2.10 bits per heavy atom. The van der Waals surface area contributed by atoms with Crippen molar-refractivity contribution in [1.82, 2.24) is 10.2 Å². The number of rotatable bonds is 4. The van der Waals surface area contributed by atoms with Crippen LogP contribution in [0.1, 0.15) is 5.56 Å². The number of aliphatic imine (C=N–C) groups is 1. The van der Waals surface area contributed by atoms with E-state index in [-0.39, 0.29) is 5.91 Å². The zero-order chi connectivity index (χ0) is 14.4. The summed E-state index contributed by atoms with van der Waals surface area (Å²) in [7, 11) is 1.69. The van der Waals surface area contributed by atoms with Crippen LogP contribution in [-0.2, 0) is 11.2 Å². The molecule has 2 rings (SSSR count). The maximum atomic E-state index is 12.0. The Morgan fingerprint density at radius 1 is 1.35 bits per heavy atom. The van der Waals surface area contributed by atoms with E-state index in [1.807, 2.05) is 42.5 Å². The number of amides is 1. The summed E-state index contributed by atoms with van der Waals surface area (Å²) in [6.07, 6.45) is 7.45. The van der Waals surface area contributed by atoms with Crippen LogP contribution in [0.3, 0.4) is 0 Å². The van der Waals surface area contributed by atoms with Crippen molar-refractivity contribution >= 4 is 12.2 Å². The Morgan fingerprint density at radius 3 is 2.80 bits per heavy atom. The van der Waals surface area contributed by atoms with Crippen molar-refractivity contribution in [3.63, 3.8) is 0 Å². The molecule has 0 fully saturated rings. The summed E-state index contributed by atoms with van der Waals surface area (Å²) in [6.45, 7) is 3.89. The molecule has 0 saturated carbocycles. The number of nitrogens with one attached hydrogen (secondary N) is 1. The first-order valence-electron chi connectivity index (χ1n) is 6.32. The highest BCUT2D eigenvalue weighted by molar-refractivity contribution is 5.81. The lowest BCUT2D eigenvalue weighted by atomic mass is 10.1. The Hall–Kier alpha value is -2.62. The molecular weight excluding hydrogens is 250 g/mol. The average molecular weight is 267 g/mol. The quantitative estimate of drug-likeness (QED) is 0.671. The maximum Gasteiger partial charge on any atom is 0.228 e. The summed E-state index contributed by atoms with van der Waals surface area (Å²) in [6, 6.07) is 9.64. The van der Waals surface area contributed by atoms with Crippen molar-refractivity contribution in [2.24, 2.45) is 4.99 Å². The number of hydrogen-bond acceptors (Lipinski definition) is 2. The Balaban J connectivity index is 1.99. The van der Waals surface area contributed by atoms with Gasteiger partial charge in [-0.15, -0.1) is 0 Å². The summed E-state index contributed by atoms with van der Waals surface area (Å²) in [5, 5.41) is 2.87. The first-order chi connectivity index (χ1) is 9.69. The Bertz CT molecular complexity index is 585. The summed E-state index contributed by atoms with van der Waals surface area (Å²) in [5.41, 5.74) is 2.51. The van der Waals surface area contributed by atoms with Crippen LogP contribution in [0.4, 0.5) is 0 Å².